The summed E-state index contributed by atoms with van der Waals surface area (Å²) in [7, 11) is 1.44. The molecule has 1 atom stereocenters. The maximum absolute atomic E-state index is 11.9. The van der Waals surface area contributed by atoms with Crippen LogP contribution in [0.1, 0.15) is 52.9 Å². The van der Waals surface area contributed by atoms with Crippen LogP contribution < -0.4 is 5.32 Å². The molecule has 1 rings (SSSR count). The minimum Gasteiger partial charge on any atom is -0.468 e. The largest absolute Gasteiger partial charge is 0.468 e. The van der Waals surface area contributed by atoms with Crippen LogP contribution in [0.4, 0.5) is 0 Å². The third-order valence-electron chi connectivity index (χ3n) is 3.55. The van der Waals surface area contributed by atoms with E-state index >= 15 is 0 Å². The summed E-state index contributed by atoms with van der Waals surface area (Å²) < 4.78 is 10.5. The van der Waals surface area contributed by atoms with Crippen LogP contribution in [-0.2, 0) is 14.3 Å². The summed E-state index contributed by atoms with van der Waals surface area (Å²) in [4.78, 5) is 11.9. The lowest BCUT2D eigenvalue weighted by Crippen LogP contribution is -2.52. The third-order valence-corrected chi connectivity index (χ3v) is 3.55. The second kappa shape index (κ2) is 7.85. The Morgan fingerprint density at radius 3 is 2.58 bits per heavy atom. The van der Waals surface area contributed by atoms with Gasteiger partial charge in [0.2, 0.25) is 0 Å². The summed E-state index contributed by atoms with van der Waals surface area (Å²) in [6.07, 6.45) is 5.25. The Kier molecular flexibility index (Phi) is 6.80. The van der Waals surface area contributed by atoms with Crippen molar-refractivity contribution in [2.24, 2.45) is 5.92 Å². The van der Waals surface area contributed by atoms with Gasteiger partial charge in [0, 0.05) is 19.3 Å². The molecule has 0 bridgehead atoms. The molecule has 1 unspecified atom stereocenters. The van der Waals surface area contributed by atoms with Gasteiger partial charge in [0.15, 0.2) is 0 Å². The SMILES string of the molecule is COC(=O)C(C)(CCOCCCC(C)C)NC1CC1. The summed E-state index contributed by atoms with van der Waals surface area (Å²) in [6, 6.07) is 0.477. The summed E-state index contributed by atoms with van der Waals surface area (Å²) in [5, 5.41) is 3.37. The van der Waals surface area contributed by atoms with E-state index in [0.717, 1.165) is 31.8 Å². The highest BCUT2D eigenvalue weighted by Gasteiger charge is 2.38. The highest BCUT2D eigenvalue weighted by molar-refractivity contribution is 5.80. The van der Waals surface area contributed by atoms with Gasteiger partial charge in [-0.05, 0) is 44.9 Å². The van der Waals surface area contributed by atoms with E-state index < -0.39 is 5.54 Å². The fraction of sp³-hybridized carbons (Fsp3) is 0.933. The number of carbonyl (C=O) groups is 1. The molecule has 1 N–H and O–H groups in total. The van der Waals surface area contributed by atoms with Crippen LogP contribution >= 0.6 is 0 Å². The molecule has 112 valence electrons. The smallest absolute Gasteiger partial charge is 0.325 e. The molecule has 1 saturated carbocycles. The first-order valence-electron chi connectivity index (χ1n) is 7.42. The van der Waals surface area contributed by atoms with Crippen LogP contribution in [0, 0.1) is 5.92 Å². The first kappa shape index (κ1) is 16.4. The predicted octanol–water partition coefficient (Wildman–Crippen LogP) is 2.51. The van der Waals surface area contributed by atoms with E-state index in [2.05, 4.69) is 19.2 Å². The highest BCUT2D eigenvalue weighted by Crippen LogP contribution is 2.24. The van der Waals surface area contributed by atoms with Crippen molar-refractivity contribution < 1.29 is 14.3 Å². The Morgan fingerprint density at radius 2 is 2.05 bits per heavy atom. The van der Waals surface area contributed by atoms with Gasteiger partial charge in [0.1, 0.15) is 5.54 Å². The highest BCUT2D eigenvalue weighted by atomic mass is 16.5. The maximum atomic E-state index is 11.9. The lowest BCUT2D eigenvalue weighted by atomic mass is 9.98. The van der Waals surface area contributed by atoms with Crippen molar-refractivity contribution >= 4 is 5.97 Å². The van der Waals surface area contributed by atoms with Gasteiger partial charge in [-0.1, -0.05) is 13.8 Å². The number of rotatable bonds is 10. The van der Waals surface area contributed by atoms with E-state index in [1.54, 1.807) is 0 Å². The van der Waals surface area contributed by atoms with Crippen molar-refractivity contribution in [1.82, 2.24) is 5.32 Å². The lowest BCUT2D eigenvalue weighted by Gasteiger charge is -2.28. The Hall–Kier alpha value is -0.610. The van der Waals surface area contributed by atoms with Crippen molar-refractivity contribution in [3.63, 3.8) is 0 Å². The second-order valence-corrected chi connectivity index (χ2v) is 6.14. The monoisotopic (exact) mass is 271 g/mol. The van der Waals surface area contributed by atoms with Crippen molar-refractivity contribution in [3.05, 3.63) is 0 Å². The number of ether oxygens (including phenoxy) is 2. The van der Waals surface area contributed by atoms with Crippen LogP contribution in [-0.4, -0.2) is 37.9 Å². The summed E-state index contributed by atoms with van der Waals surface area (Å²) in [5.41, 5.74) is -0.603. The third kappa shape index (κ3) is 6.39. The fourth-order valence-corrected chi connectivity index (χ4v) is 2.11. The topological polar surface area (TPSA) is 47.6 Å². The molecular formula is C15H29NO3. The number of nitrogens with one attached hydrogen (secondary N) is 1. The molecule has 1 fully saturated rings. The molecule has 0 aromatic rings. The van der Waals surface area contributed by atoms with Crippen molar-refractivity contribution in [3.8, 4) is 0 Å². The molecule has 0 aliphatic heterocycles. The van der Waals surface area contributed by atoms with Gasteiger partial charge in [-0.15, -0.1) is 0 Å². The average Bonchev–Trinajstić information content (AvgIpc) is 3.15. The molecule has 1 aliphatic rings. The quantitative estimate of drug-likeness (QED) is 0.490. The van der Waals surface area contributed by atoms with Crippen LogP contribution in [0.5, 0.6) is 0 Å². The number of hydrogen-bond acceptors (Lipinski definition) is 4. The Labute approximate surface area is 117 Å². The number of carbonyl (C=O) groups excluding carboxylic acids is 1. The minimum atomic E-state index is -0.603. The van der Waals surface area contributed by atoms with Gasteiger partial charge < -0.3 is 9.47 Å². The van der Waals surface area contributed by atoms with E-state index in [4.69, 9.17) is 9.47 Å². The van der Waals surface area contributed by atoms with E-state index in [9.17, 15) is 4.79 Å². The summed E-state index contributed by atoms with van der Waals surface area (Å²) in [5.74, 6) is 0.533. The molecule has 0 aromatic heterocycles. The molecule has 0 radical (unpaired) electrons. The van der Waals surface area contributed by atoms with Crippen LogP contribution in [0.25, 0.3) is 0 Å². The number of hydrogen-bond donors (Lipinski definition) is 1. The zero-order valence-corrected chi connectivity index (χ0v) is 12.8. The van der Waals surface area contributed by atoms with Gasteiger partial charge in [-0.25, -0.2) is 0 Å². The lowest BCUT2D eigenvalue weighted by molar-refractivity contribution is -0.149. The molecular weight excluding hydrogens is 242 g/mol. The first-order valence-corrected chi connectivity index (χ1v) is 7.42. The summed E-state index contributed by atoms with van der Waals surface area (Å²) in [6.45, 7) is 7.72. The van der Waals surface area contributed by atoms with E-state index in [0.29, 0.717) is 19.1 Å². The first-order chi connectivity index (χ1) is 8.98. The van der Waals surface area contributed by atoms with Crippen molar-refractivity contribution in [2.45, 2.75) is 64.5 Å². The standard InChI is InChI=1S/C15H29NO3/c1-12(2)6-5-10-19-11-9-15(3,14(17)18-4)16-13-7-8-13/h12-13,16H,5-11H2,1-4H3. The molecule has 0 heterocycles. The molecule has 19 heavy (non-hydrogen) atoms. The van der Waals surface area contributed by atoms with Gasteiger partial charge in [0.25, 0.3) is 0 Å². The zero-order chi connectivity index (χ0) is 14.3. The minimum absolute atomic E-state index is 0.190. The van der Waals surface area contributed by atoms with Crippen LogP contribution in [0.15, 0.2) is 0 Å². The van der Waals surface area contributed by atoms with Crippen LogP contribution in [0.2, 0.25) is 0 Å². The van der Waals surface area contributed by atoms with E-state index in [1.807, 2.05) is 6.92 Å². The summed E-state index contributed by atoms with van der Waals surface area (Å²) >= 11 is 0. The molecule has 4 heteroatoms. The average molecular weight is 271 g/mol. The maximum Gasteiger partial charge on any atom is 0.325 e. The van der Waals surface area contributed by atoms with Crippen molar-refractivity contribution in [2.75, 3.05) is 20.3 Å². The van der Waals surface area contributed by atoms with Gasteiger partial charge >= 0.3 is 5.97 Å². The zero-order valence-electron chi connectivity index (χ0n) is 12.8. The fourth-order valence-electron chi connectivity index (χ4n) is 2.11. The molecule has 0 amide bonds. The molecule has 0 spiro atoms. The predicted molar refractivity (Wildman–Crippen MR) is 76.1 cm³/mol. The molecule has 4 nitrogen and oxygen atoms in total. The molecule has 0 aromatic carbocycles. The van der Waals surface area contributed by atoms with Gasteiger partial charge in [-0.3, -0.25) is 10.1 Å². The number of esters is 1. The normalized spacial score (nSPS) is 18.4. The van der Waals surface area contributed by atoms with Crippen LogP contribution in [0.3, 0.4) is 0 Å². The Bertz CT molecular complexity index is 277. The van der Waals surface area contributed by atoms with Gasteiger partial charge in [0.05, 0.1) is 7.11 Å². The molecule has 1 aliphatic carbocycles. The van der Waals surface area contributed by atoms with E-state index in [1.165, 1.54) is 13.5 Å². The number of methoxy groups -OCH3 is 1. The van der Waals surface area contributed by atoms with Gasteiger partial charge in [-0.2, -0.15) is 0 Å². The second-order valence-electron chi connectivity index (χ2n) is 6.14. The van der Waals surface area contributed by atoms with Crippen molar-refractivity contribution in [1.29, 1.82) is 0 Å². The Balaban J connectivity index is 2.22. The Morgan fingerprint density at radius 1 is 1.37 bits per heavy atom. The molecule has 0 saturated heterocycles. The van der Waals surface area contributed by atoms with E-state index in [-0.39, 0.29) is 5.97 Å².